The fourth-order valence-electron chi connectivity index (χ4n) is 1.97. The van der Waals surface area contributed by atoms with Crippen LogP contribution in [0.15, 0.2) is 16.0 Å². The molecular weight excluding hydrogens is 446 g/mol. The highest BCUT2D eigenvalue weighted by Crippen LogP contribution is 2.41. The lowest BCUT2D eigenvalue weighted by atomic mass is 10.3. The Labute approximate surface area is 173 Å². The third kappa shape index (κ3) is 5.31. The zero-order valence-corrected chi connectivity index (χ0v) is 17.3. The molecule has 1 heterocycles. The van der Waals surface area contributed by atoms with Gasteiger partial charge in [-0.1, -0.05) is 58.2 Å². The maximum absolute atomic E-state index is 12.2. The molecule has 0 saturated heterocycles. The van der Waals surface area contributed by atoms with Gasteiger partial charge >= 0.3 is 5.69 Å². The molecule has 1 amide bonds. The Morgan fingerprint density at radius 3 is 2.58 bits per heavy atom. The number of H-pyrrole nitrogens is 1. The van der Waals surface area contributed by atoms with Gasteiger partial charge in [-0.05, 0) is 12.5 Å². The van der Waals surface area contributed by atoms with Gasteiger partial charge in [0, 0.05) is 20.3 Å². The maximum Gasteiger partial charge on any atom is 0.343 e. The molecule has 12 heteroatoms. The number of benzene rings is 1. The summed E-state index contributed by atoms with van der Waals surface area (Å²) in [6, 6.07) is 1.39. The number of methoxy groups -OCH3 is 1. The molecule has 7 nitrogen and oxygen atoms in total. The Bertz CT molecular complexity index is 829. The average molecular weight is 460 g/mol. The lowest BCUT2D eigenvalue weighted by Gasteiger charge is -2.11. The van der Waals surface area contributed by atoms with E-state index in [9.17, 15) is 9.59 Å². The third-order valence-corrected chi connectivity index (χ3v) is 5.71. The quantitative estimate of drug-likeness (QED) is 0.354. The largest absolute Gasteiger partial charge is 0.385 e. The highest BCUT2D eigenvalue weighted by atomic mass is 35.5. The van der Waals surface area contributed by atoms with Crippen molar-refractivity contribution in [3.63, 3.8) is 0 Å². The van der Waals surface area contributed by atoms with Crippen molar-refractivity contribution in [3.05, 3.63) is 36.6 Å². The molecule has 0 unspecified atom stereocenters. The number of thioether (sulfide) groups is 1. The molecule has 26 heavy (non-hydrogen) atoms. The van der Waals surface area contributed by atoms with Crippen molar-refractivity contribution in [2.45, 2.75) is 18.1 Å². The zero-order valence-electron chi connectivity index (χ0n) is 13.4. The van der Waals surface area contributed by atoms with Crippen LogP contribution in [-0.2, 0) is 16.1 Å². The topological polar surface area (TPSA) is 89.0 Å². The fourth-order valence-corrected chi connectivity index (χ4v) is 3.64. The summed E-state index contributed by atoms with van der Waals surface area (Å²) in [5, 5.41) is 9.76. The average Bonchev–Trinajstić information content (AvgIpc) is 2.95. The van der Waals surface area contributed by atoms with E-state index in [-0.39, 0.29) is 37.2 Å². The van der Waals surface area contributed by atoms with Gasteiger partial charge in [-0.2, -0.15) is 0 Å². The molecule has 0 bridgehead atoms. The first kappa shape index (κ1) is 21.4. The molecule has 2 aromatic rings. The number of halogens is 4. The summed E-state index contributed by atoms with van der Waals surface area (Å²) < 4.78 is 6.40. The van der Waals surface area contributed by atoms with Gasteiger partial charge in [0.05, 0.1) is 31.5 Å². The third-order valence-electron chi connectivity index (χ3n) is 3.16. The van der Waals surface area contributed by atoms with Gasteiger partial charge < -0.3 is 10.1 Å². The Morgan fingerprint density at radius 2 is 1.96 bits per heavy atom. The number of carbonyl (C=O) groups is 1. The maximum atomic E-state index is 12.2. The molecule has 1 aromatic carbocycles. The standard InChI is InChI=1S/C14H14Cl4N4O3S/c1-25-4-2-3-22-13(24)20-21-14(22)26-6-9(23)19-12-10(17)7(15)5-8(16)11(12)18/h5H,2-4,6H2,1H3,(H,19,23)(H,20,24). The van der Waals surface area contributed by atoms with Gasteiger partial charge in [-0.3, -0.25) is 9.36 Å². The van der Waals surface area contributed by atoms with Crippen LogP contribution < -0.4 is 11.0 Å². The monoisotopic (exact) mass is 458 g/mol. The fraction of sp³-hybridized carbons (Fsp3) is 0.357. The lowest BCUT2D eigenvalue weighted by molar-refractivity contribution is -0.113. The number of aromatic nitrogens is 3. The predicted molar refractivity (Wildman–Crippen MR) is 105 cm³/mol. The van der Waals surface area contributed by atoms with Crippen LogP contribution in [0.1, 0.15) is 6.42 Å². The molecule has 0 radical (unpaired) electrons. The molecule has 0 fully saturated rings. The van der Waals surface area contributed by atoms with Gasteiger partial charge in [-0.25, -0.2) is 9.89 Å². The summed E-state index contributed by atoms with van der Waals surface area (Å²) in [6.07, 6.45) is 0.641. The molecule has 0 aliphatic carbocycles. The molecule has 0 atom stereocenters. The second kappa shape index (κ2) is 9.87. The summed E-state index contributed by atoms with van der Waals surface area (Å²) >= 11 is 25.1. The van der Waals surface area contributed by atoms with E-state index in [4.69, 9.17) is 51.1 Å². The van der Waals surface area contributed by atoms with Gasteiger partial charge in [0.25, 0.3) is 0 Å². The van der Waals surface area contributed by atoms with Gasteiger partial charge in [0.1, 0.15) is 0 Å². The van der Waals surface area contributed by atoms with Crippen molar-refractivity contribution in [2.75, 3.05) is 24.8 Å². The highest BCUT2D eigenvalue weighted by Gasteiger charge is 2.17. The van der Waals surface area contributed by atoms with E-state index in [1.807, 2.05) is 0 Å². The number of rotatable bonds is 8. The van der Waals surface area contributed by atoms with Gasteiger partial charge in [0.2, 0.25) is 5.91 Å². The van der Waals surface area contributed by atoms with Gasteiger partial charge in [-0.15, -0.1) is 5.10 Å². The van der Waals surface area contributed by atoms with Crippen LogP contribution in [0.3, 0.4) is 0 Å². The number of carbonyl (C=O) groups excluding carboxylic acids is 1. The molecule has 142 valence electrons. The Kier molecular flexibility index (Phi) is 8.12. The summed E-state index contributed by atoms with van der Waals surface area (Å²) in [5.41, 5.74) is -0.215. The van der Waals surface area contributed by atoms with Gasteiger partial charge in [0.15, 0.2) is 5.16 Å². The Hall–Kier alpha value is -0.900. The Morgan fingerprint density at radius 1 is 1.31 bits per heavy atom. The van der Waals surface area contributed by atoms with E-state index in [0.29, 0.717) is 24.7 Å². The van der Waals surface area contributed by atoms with Crippen LogP contribution in [0, 0.1) is 0 Å². The van der Waals surface area contributed by atoms with Crippen molar-refractivity contribution in [3.8, 4) is 0 Å². The van der Waals surface area contributed by atoms with Crippen LogP contribution in [0.2, 0.25) is 20.1 Å². The molecule has 2 rings (SSSR count). The van der Waals surface area contributed by atoms with Crippen LogP contribution in [-0.4, -0.2) is 40.1 Å². The first-order valence-electron chi connectivity index (χ1n) is 7.25. The van der Waals surface area contributed by atoms with Crippen LogP contribution in [0.4, 0.5) is 5.69 Å². The van der Waals surface area contributed by atoms with E-state index < -0.39 is 5.91 Å². The van der Waals surface area contributed by atoms with Crippen LogP contribution >= 0.6 is 58.2 Å². The molecule has 0 aliphatic heterocycles. The highest BCUT2D eigenvalue weighted by molar-refractivity contribution is 7.99. The van der Waals surface area contributed by atoms with Crippen molar-refractivity contribution in [2.24, 2.45) is 0 Å². The van der Waals surface area contributed by atoms with E-state index >= 15 is 0 Å². The van der Waals surface area contributed by atoms with Crippen molar-refractivity contribution in [1.82, 2.24) is 14.8 Å². The molecule has 0 saturated carbocycles. The number of aromatic amines is 1. The van der Waals surface area contributed by atoms with Crippen LogP contribution in [0.25, 0.3) is 0 Å². The SMILES string of the molecule is COCCCn1c(SCC(=O)Nc2c(Cl)c(Cl)cc(Cl)c2Cl)n[nH]c1=O. The second-order valence-electron chi connectivity index (χ2n) is 4.99. The van der Waals surface area contributed by atoms with Crippen molar-refractivity contribution < 1.29 is 9.53 Å². The number of nitrogens with one attached hydrogen (secondary N) is 2. The number of hydrogen-bond acceptors (Lipinski definition) is 5. The number of nitrogens with zero attached hydrogens (tertiary/aromatic N) is 2. The van der Waals surface area contributed by atoms with Crippen LogP contribution in [0.5, 0.6) is 0 Å². The van der Waals surface area contributed by atoms with Crippen molar-refractivity contribution >= 4 is 69.8 Å². The molecule has 2 N–H and O–H groups in total. The molecule has 1 aromatic heterocycles. The number of ether oxygens (including phenoxy) is 1. The summed E-state index contributed by atoms with van der Waals surface area (Å²) in [6.45, 7) is 0.934. The predicted octanol–water partition coefficient (Wildman–Crippen LogP) is 3.95. The minimum atomic E-state index is -0.406. The first-order chi connectivity index (χ1) is 12.3. The van der Waals surface area contributed by atoms with E-state index in [0.717, 1.165) is 11.8 Å². The Balaban J connectivity index is 2.04. The smallest absolute Gasteiger partial charge is 0.343 e. The first-order valence-corrected chi connectivity index (χ1v) is 9.74. The summed E-state index contributed by atoms with van der Waals surface area (Å²) in [5.74, 6) is -0.429. The molecule has 0 spiro atoms. The summed E-state index contributed by atoms with van der Waals surface area (Å²) in [7, 11) is 1.58. The number of anilines is 1. The van der Waals surface area contributed by atoms with E-state index in [1.165, 1.54) is 10.6 Å². The normalized spacial score (nSPS) is 11.0. The second-order valence-corrected chi connectivity index (χ2v) is 7.50. The van der Waals surface area contributed by atoms with Crippen molar-refractivity contribution in [1.29, 1.82) is 0 Å². The molecule has 0 aliphatic rings. The minimum Gasteiger partial charge on any atom is -0.385 e. The zero-order chi connectivity index (χ0) is 19.3. The van der Waals surface area contributed by atoms with E-state index in [1.54, 1.807) is 7.11 Å². The van der Waals surface area contributed by atoms with E-state index in [2.05, 4.69) is 15.5 Å². The number of amides is 1. The lowest BCUT2D eigenvalue weighted by Crippen LogP contribution is -2.19. The minimum absolute atomic E-state index is 0.0225. The molecular formula is C14H14Cl4N4O3S. The summed E-state index contributed by atoms with van der Waals surface area (Å²) in [4.78, 5) is 24.0. The number of hydrogen-bond donors (Lipinski definition) is 2.